The Bertz CT molecular complexity index is 1240. The summed E-state index contributed by atoms with van der Waals surface area (Å²) in [6, 6.07) is 0. The van der Waals surface area contributed by atoms with Crippen molar-refractivity contribution in [2.75, 3.05) is 33.0 Å². The zero-order valence-corrected chi connectivity index (χ0v) is 39.1. The van der Waals surface area contributed by atoms with Crippen molar-refractivity contribution in [2.24, 2.45) is 5.73 Å². The lowest BCUT2D eigenvalue weighted by Gasteiger charge is -2.20. The predicted octanol–water partition coefficient (Wildman–Crippen LogP) is 14.6. The van der Waals surface area contributed by atoms with Gasteiger partial charge in [-0.2, -0.15) is 0 Å². The van der Waals surface area contributed by atoms with Crippen molar-refractivity contribution in [1.82, 2.24) is 0 Å². The van der Waals surface area contributed by atoms with Crippen molar-refractivity contribution in [3.8, 4) is 0 Å². The number of ether oxygens (including phenoxy) is 2. The van der Waals surface area contributed by atoms with Crippen molar-refractivity contribution in [3.63, 3.8) is 0 Å². The van der Waals surface area contributed by atoms with Crippen LogP contribution < -0.4 is 5.73 Å². The fourth-order valence-corrected chi connectivity index (χ4v) is 6.79. The van der Waals surface area contributed by atoms with E-state index in [2.05, 4.69) is 111 Å². The zero-order valence-electron chi connectivity index (χ0n) is 38.2. The number of allylic oxidation sites excluding steroid dienone is 16. The molecule has 0 radical (unpaired) electrons. The van der Waals surface area contributed by atoms with E-state index < -0.39 is 13.9 Å². The lowest BCUT2D eigenvalue weighted by Crippen LogP contribution is -2.28. The van der Waals surface area contributed by atoms with Gasteiger partial charge in [-0.15, -0.1) is 0 Å². The molecule has 0 bridgehead atoms. The molecule has 8 nitrogen and oxygen atoms in total. The first-order valence-electron chi connectivity index (χ1n) is 23.7. The summed E-state index contributed by atoms with van der Waals surface area (Å²) < 4.78 is 33.5. The standard InChI is InChI=1S/C51H88NO7P/c1-3-5-7-9-11-13-15-17-19-21-22-23-24-25-26-27-29-31-33-35-37-39-41-43-46-56-48-50(49-58-60(54,55)57-47-45-52)59-51(53)44-42-40-38-36-34-32-30-28-20-18-16-14-12-10-8-6-4-2/h5,7,11-14,17-20,22-23,25-26,29,31,50H,3-4,6,8-10,15-16,21,24,27-28,30,32-49,52H2,1-2H3,(H,54,55)/b7-5-,13-11-,14-12-,19-17-,20-18-,23-22-,26-25-,31-29-. The summed E-state index contributed by atoms with van der Waals surface area (Å²) in [7, 11) is -4.30. The summed E-state index contributed by atoms with van der Waals surface area (Å²) in [5, 5.41) is 0. The third-order valence-corrected chi connectivity index (χ3v) is 10.5. The van der Waals surface area contributed by atoms with Gasteiger partial charge in [0.2, 0.25) is 0 Å². The Labute approximate surface area is 368 Å². The smallest absolute Gasteiger partial charge is 0.457 e. The zero-order chi connectivity index (χ0) is 43.7. The summed E-state index contributed by atoms with van der Waals surface area (Å²) in [5.41, 5.74) is 5.38. The van der Waals surface area contributed by atoms with Crippen molar-refractivity contribution >= 4 is 13.8 Å². The lowest BCUT2D eigenvalue weighted by atomic mass is 10.1. The van der Waals surface area contributed by atoms with Crippen LogP contribution in [0, 0.1) is 0 Å². The number of carbonyl (C=O) groups is 1. The predicted molar refractivity (Wildman–Crippen MR) is 256 cm³/mol. The second kappa shape index (κ2) is 47.5. The van der Waals surface area contributed by atoms with E-state index in [1.165, 1.54) is 64.2 Å². The van der Waals surface area contributed by atoms with Crippen LogP contribution in [0.4, 0.5) is 0 Å². The number of esters is 1. The van der Waals surface area contributed by atoms with Crippen LogP contribution in [-0.2, 0) is 27.9 Å². The molecule has 0 heterocycles. The average Bonchev–Trinajstić information content (AvgIpc) is 3.24. The number of rotatable bonds is 44. The van der Waals surface area contributed by atoms with Gasteiger partial charge in [-0.25, -0.2) is 4.57 Å². The molecule has 0 aliphatic carbocycles. The fraction of sp³-hybridized carbons (Fsp3) is 0.667. The molecule has 0 aliphatic heterocycles. The van der Waals surface area contributed by atoms with Crippen LogP contribution in [0.1, 0.15) is 181 Å². The normalized spacial score (nSPS) is 14.3. The molecule has 0 aromatic rings. The molecule has 0 aromatic heterocycles. The minimum absolute atomic E-state index is 0.0899. The molecular formula is C51H88NO7P. The molecule has 2 atom stereocenters. The third-order valence-electron chi connectivity index (χ3n) is 9.49. The first-order valence-corrected chi connectivity index (χ1v) is 25.2. The topological polar surface area (TPSA) is 117 Å². The molecule has 0 spiro atoms. The first-order chi connectivity index (χ1) is 29.4. The van der Waals surface area contributed by atoms with Crippen LogP contribution in [0.15, 0.2) is 97.2 Å². The van der Waals surface area contributed by atoms with Gasteiger partial charge in [0, 0.05) is 19.6 Å². The van der Waals surface area contributed by atoms with E-state index in [0.29, 0.717) is 13.0 Å². The minimum Gasteiger partial charge on any atom is -0.457 e. The molecule has 0 aromatic carbocycles. The molecule has 344 valence electrons. The highest BCUT2D eigenvalue weighted by Crippen LogP contribution is 2.43. The van der Waals surface area contributed by atoms with Gasteiger partial charge in [0.25, 0.3) is 0 Å². The molecule has 3 N–H and O–H groups in total. The molecule has 0 saturated heterocycles. The molecule has 0 aliphatic rings. The Hall–Kier alpha value is -2.58. The highest BCUT2D eigenvalue weighted by Gasteiger charge is 2.25. The SMILES string of the molecule is CC/C=C\C/C=C\C/C=C\C/C=C\C/C=C\C/C=C\CCCCCCCOCC(COP(=O)(O)OCCN)OC(=O)CCCCCCCCC/C=C\C/C=C\CCCCC. The molecule has 2 unspecified atom stereocenters. The van der Waals surface area contributed by atoms with Gasteiger partial charge in [-0.3, -0.25) is 13.8 Å². The second-order valence-corrected chi connectivity index (χ2v) is 16.7. The average molecular weight is 858 g/mol. The number of unbranched alkanes of at least 4 members (excludes halogenated alkanes) is 15. The highest BCUT2D eigenvalue weighted by atomic mass is 31.2. The number of carbonyl (C=O) groups excluding carboxylic acids is 1. The Balaban J connectivity index is 4.08. The van der Waals surface area contributed by atoms with Crippen LogP contribution in [0.25, 0.3) is 0 Å². The number of phosphoric ester groups is 1. The van der Waals surface area contributed by atoms with Gasteiger partial charge >= 0.3 is 13.8 Å². The van der Waals surface area contributed by atoms with E-state index >= 15 is 0 Å². The molecule has 0 amide bonds. The van der Waals surface area contributed by atoms with Crippen LogP contribution >= 0.6 is 7.82 Å². The maximum absolute atomic E-state index is 12.6. The van der Waals surface area contributed by atoms with Gasteiger partial charge in [-0.1, -0.05) is 175 Å². The summed E-state index contributed by atoms with van der Waals surface area (Å²) in [6.07, 6.45) is 62.8. The molecular weight excluding hydrogens is 770 g/mol. The van der Waals surface area contributed by atoms with Crippen LogP contribution in [-0.4, -0.2) is 49.9 Å². The largest absolute Gasteiger partial charge is 0.472 e. The quantitative estimate of drug-likeness (QED) is 0.0269. The van der Waals surface area contributed by atoms with E-state index in [-0.39, 0.29) is 32.3 Å². The Morgan fingerprint density at radius 3 is 1.40 bits per heavy atom. The van der Waals surface area contributed by atoms with E-state index in [0.717, 1.165) is 96.3 Å². The van der Waals surface area contributed by atoms with E-state index in [1.54, 1.807) is 0 Å². The number of hydrogen-bond donors (Lipinski definition) is 2. The second-order valence-electron chi connectivity index (χ2n) is 15.2. The van der Waals surface area contributed by atoms with Gasteiger partial charge in [-0.05, 0) is 96.3 Å². The summed E-state index contributed by atoms with van der Waals surface area (Å²) in [5.74, 6) is -0.350. The number of nitrogens with two attached hydrogens (primary N) is 1. The molecule has 0 fully saturated rings. The van der Waals surface area contributed by atoms with Gasteiger partial charge < -0.3 is 20.1 Å². The summed E-state index contributed by atoms with van der Waals surface area (Å²) in [4.78, 5) is 22.5. The first kappa shape index (κ1) is 57.4. The maximum Gasteiger partial charge on any atom is 0.472 e. The van der Waals surface area contributed by atoms with E-state index in [1.807, 2.05) is 0 Å². The fourth-order valence-electron chi connectivity index (χ4n) is 6.03. The monoisotopic (exact) mass is 858 g/mol. The van der Waals surface area contributed by atoms with Gasteiger partial charge in [0.1, 0.15) is 6.10 Å². The number of hydrogen-bond acceptors (Lipinski definition) is 7. The molecule has 60 heavy (non-hydrogen) atoms. The van der Waals surface area contributed by atoms with E-state index in [4.69, 9.17) is 24.3 Å². The third kappa shape index (κ3) is 46.5. The van der Waals surface area contributed by atoms with Crippen molar-refractivity contribution in [3.05, 3.63) is 97.2 Å². The minimum atomic E-state index is -4.30. The Kier molecular flexibility index (Phi) is 45.4. The molecule has 0 saturated carbocycles. The van der Waals surface area contributed by atoms with Crippen molar-refractivity contribution in [1.29, 1.82) is 0 Å². The summed E-state index contributed by atoms with van der Waals surface area (Å²) in [6.45, 7) is 4.70. The van der Waals surface area contributed by atoms with Crippen LogP contribution in [0.3, 0.4) is 0 Å². The lowest BCUT2D eigenvalue weighted by molar-refractivity contribution is -0.154. The Morgan fingerprint density at radius 1 is 0.517 bits per heavy atom. The van der Waals surface area contributed by atoms with Crippen molar-refractivity contribution in [2.45, 2.75) is 187 Å². The molecule has 9 heteroatoms. The van der Waals surface area contributed by atoms with Crippen LogP contribution in [0.2, 0.25) is 0 Å². The van der Waals surface area contributed by atoms with Crippen molar-refractivity contribution < 1.29 is 32.8 Å². The molecule has 0 rings (SSSR count). The van der Waals surface area contributed by atoms with Gasteiger partial charge in [0.15, 0.2) is 0 Å². The Morgan fingerprint density at radius 2 is 0.933 bits per heavy atom. The van der Waals surface area contributed by atoms with Gasteiger partial charge in [0.05, 0.1) is 19.8 Å². The summed E-state index contributed by atoms with van der Waals surface area (Å²) >= 11 is 0. The van der Waals surface area contributed by atoms with Crippen LogP contribution in [0.5, 0.6) is 0 Å². The maximum atomic E-state index is 12.6. The van der Waals surface area contributed by atoms with E-state index in [9.17, 15) is 14.3 Å². The number of phosphoric acid groups is 1. The highest BCUT2D eigenvalue weighted by molar-refractivity contribution is 7.47.